The highest BCUT2D eigenvalue weighted by Gasteiger charge is 2.26. The van der Waals surface area contributed by atoms with Crippen molar-refractivity contribution in [2.24, 2.45) is 0 Å². The van der Waals surface area contributed by atoms with Gasteiger partial charge in [-0.25, -0.2) is 0 Å². The van der Waals surface area contributed by atoms with Crippen LogP contribution in [0.5, 0.6) is 0 Å². The lowest BCUT2D eigenvalue weighted by atomic mass is 9.98. The second-order valence-corrected chi connectivity index (χ2v) is 4.56. The molecule has 2 unspecified atom stereocenters. The van der Waals surface area contributed by atoms with Crippen molar-refractivity contribution in [1.29, 1.82) is 0 Å². The van der Waals surface area contributed by atoms with Crippen molar-refractivity contribution in [3.05, 3.63) is 39.4 Å². The van der Waals surface area contributed by atoms with Gasteiger partial charge < -0.3 is 10.2 Å². The number of nitrogens with zero attached hydrogens (tertiary/aromatic N) is 1. The van der Waals surface area contributed by atoms with E-state index in [4.69, 9.17) is 0 Å². The summed E-state index contributed by atoms with van der Waals surface area (Å²) in [6.45, 7) is 1.30. The van der Waals surface area contributed by atoms with Gasteiger partial charge in [0.05, 0.1) is 16.6 Å². The Morgan fingerprint density at radius 1 is 1.47 bits per heavy atom. The van der Waals surface area contributed by atoms with Crippen LogP contribution in [0.3, 0.4) is 0 Å². The molecule has 0 saturated heterocycles. The Morgan fingerprint density at radius 2 is 2.11 bits per heavy atom. The maximum Gasteiger partial charge on any atom is 0.276 e. The molecule has 1 aromatic rings. The average molecular weight is 285 g/mol. The maximum atomic E-state index is 11.2. The van der Waals surface area contributed by atoms with Gasteiger partial charge in [0.2, 0.25) is 0 Å². The molecular formula is C12H15NO5S. The van der Waals surface area contributed by atoms with Gasteiger partial charge in [0.25, 0.3) is 5.69 Å². The van der Waals surface area contributed by atoms with E-state index in [-0.39, 0.29) is 29.0 Å². The van der Waals surface area contributed by atoms with Crippen LogP contribution in [0.2, 0.25) is 0 Å². The molecule has 0 amide bonds. The first-order valence-electron chi connectivity index (χ1n) is 5.64. The average Bonchev–Trinajstić information content (AvgIpc) is 2.37. The molecule has 1 rings (SSSR count). The number of hydrogen-bond acceptors (Lipinski definition) is 6. The minimum atomic E-state index is -1.38. The number of thiol groups is 1. The van der Waals surface area contributed by atoms with Gasteiger partial charge in [0.1, 0.15) is 6.10 Å². The quantitative estimate of drug-likeness (QED) is 0.318. The topological polar surface area (TPSA) is 101 Å². The van der Waals surface area contributed by atoms with Crippen molar-refractivity contribution in [2.45, 2.75) is 25.6 Å². The molecule has 0 aliphatic heterocycles. The lowest BCUT2D eigenvalue weighted by Crippen LogP contribution is -2.20. The first kappa shape index (κ1) is 15.6. The van der Waals surface area contributed by atoms with Crippen LogP contribution >= 0.6 is 12.6 Å². The fraction of sp³-hybridized carbons (Fsp3) is 0.417. The molecule has 1 aromatic carbocycles. The molecule has 0 aromatic heterocycles. The highest BCUT2D eigenvalue weighted by Crippen LogP contribution is 2.29. The number of nitro groups is 1. The second kappa shape index (κ2) is 6.65. The molecule has 0 fully saturated rings. The lowest BCUT2D eigenvalue weighted by molar-refractivity contribution is -0.386. The number of ketones is 1. The van der Waals surface area contributed by atoms with Crippen LogP contribution in [-0.2, 0) is 0 Å². The van der Waals surface area contributed by atoms with Crippen molar-refractivity contribution in [2.75, 3.05) is 5.75 Å². The Morgan fingerprint density at radius 3 is 2.58 bits per heavy atom. The monoisotopic (exact) mass is 285 g/mol. The highest BCUT2D eigenvalue weighted by molar-refractivity contribution is 7.80. The van der Waals surface area contributed by atoms with Crippen molar-refractivity contribution < 1.29 is 19.9 Å². The second-order valence-electron chi connectivity index (χ2n) is 4.11. The van der Waals surface area contributed by atoms with E-state index in [1.54, 1.807) is 0 Å². The number of carbonyl (C=O) groups excluding carboxylic acids is 1. The number of benzene rings is 1. The van der Waals surface area contributed by atoms with E-state index >= 15 is 0 Å². The third kappa shape index (κ3) is 3.76. The molecule has 0 radical (unpaired) electrons. The molecule has 104 valence electrons. The van der Waals surface area contributed by atoms with E-state index in [9.17, 15) is 25.1 Å². The molecule has 0 heterocycles. The SMILES string of the molecule is CC(=O)c1ccc(C(O)C(O)CCS)c([N+](=O)[O-])c1. The minimum absolute atomic E-state index is 0.00992. The van der Waals surface area contributed by atoms with Crippen LogP contribution in [0.25, 0.3) is 0 Å². The Labute approximate surface area is 115 Å². The highest BCUT2D eigenvalue weighted by atomic mass is 32.1. The van der Waals surface area contributed by atoms with Gasteiger partial charge in [-0.1, -0.05) is 6.07 Å². The van der Waals surface area contributed by atoms with Crippen LogP contribution in [-0.4, -0.2) is 32.8 Å². The van der Waals surface area contributed by atoms with Gasteiger partial charge in [-0.3, -0.25) is 14.9 Å². The molecule has 19 heavy (non-hydrogen) atoms. The number of aliphatic hydroxyl groups excluding tert-OH is 2. The van der Waals surface area contributed by atoms with Gasteiger partial charge in [-0.15, -0.1) is 0 Å². The molecule has 2 atom stereocenters. The summed E-state index contributed by atoms with van der Waals surface area (Å²) in [5.41, 5.74) is -0.200. The number of rotatable bonds is 6. The summed E-state index contributed by atoms with van der Waals surface area (Å²) >= 11 is 3.93. The third-order valence-corrected chi connectivity index (χ3v) is 3.00. The molecule has 0 aliphatic rings. The van der Waals surface area contributed by atoms with Crippen LogP contribution < -0.4 is 0 Å². The van der Waals surface area contributed by atoms with E-state index in [1.807, 2.05) is 0 Å². The molecule has 6 nitrogen and oxygen atoms in total. The largest absolute Gasteiger partial charge is 0.390 e. The fourth-order valence-electron chi connectivity index (χ4n) is 1.67. The van der Waals surface area contributed by atoms with E-state index in [1.165, 1.54) is 19.1 Å². The van der Waals surface area contributed by atoms with Crippen molar-refractivity contribution in [3.63, 3.8) is 0 Å². The minimum Gasteiger partial charge on any atom is -0.390 e. The van der Waals surface area contributed by atoms with E-state index in [2.05, 4.69) is 12.6 Å². The van der Waals surface area contributed by atoms with Crippen molar-refractivity contribution >= 4 is 24.1 Å². The van der Waals surface area contributed by atoms with Crippen LogP contribution in [0, 0.1) is 10.1 Å². The number of nitro benzene ring substituents is 1. The van der Waals surface area contributed by atoms with E-state index in [0.29, 0.717) is 5.75 Å². The summed E-state index contributed by atoms with van der Waals surface area (Å²) in [7, 11) is 0. The smallest absolute Gasteiger partial charge is 0.276 e. The zero-order chi connectivity index (χ0) is 14.6. The summed E-state index contributed by atoms with van der Waals surface area (Å²) in [5, 5.41) is 30.5. The lowest BCUT2D eigenvalue weighted by Gasteiger charge is -2.17. The summed E-state index contributed by atoms with van der Waals surface area (Å²) in [6.07, 6.45) is -2.32. The predicted molar refractivity (Wildman–Crippen MR) is 72.5 cm³/mol. The Balaban J connectivity index is 3.20. The molecule has 7 heteroatoms. The van der Waals surface area contributed by atoms with E-state index in [0.717, 1.165) is 6.07 Å². The Kier molecular flexibility index (Phi) is 5.46. The summed E-state index contributed by atoms with van der Waals surface area (Å²) in [6, 6.07) is 3.79. The van der Waals surface area contributed by atoms with Gasteiger partial charge in [-0.2, -0.15) is 12.6 Å². The summed E-state index contributed by atoms with van der Waals surface area (Å²) in [5.74, 6) is 0.0393. The molecule has 0 spiro atoms. The maximum absolute atomic E-state index is 11.2. The van der Waals surface area contributed by atoms with Gasteiger partial charge in [0.15, 0.2) is 5.78 Å². The standard InChI is InChI=1S/C12H15NO5S/c1-7(14)8-2-3-9(10(6-8)13(17)18)12(16)11(15)4-5-19/h2-3,6,11-12,15-16,19H,4-5H2,1H3. The molecule has 0 aliphatic carbocycles. The van der Waals surface area contributed by atoms with Gasteiger partial charge in [0, 0.05) is 11.6 Å². The van der Waals surface area contributed by atoms with Crippen LogP contribution in [0.15, 0.2) is 18.2 Å². The number of Topliss-reactive ketones (excluding diaryl/α,β-unsaturated/α-hetero) is 1. The third-order valence-electron chi connectivity index (χ3n) is 2.74. The number of hydrogen-bond donors (Lipinski definition) is 3. The first-order chi connectivity index (χ1) is 8.88. The van der Waals surface area contributed by atoms with Crippen LogP contribution in [0.1, 0.15) is 35.4 Å². The van der Waals surface area contributed by atoms with Crippen LogP contribution in [0.4, 0.5) is 5.69 Å². The zero-order valence-corrected chi connectivity index (χ0v) is 11.2. The van der Waals surface area contributed by atoms with Crippen molar-refractivity contribution in [1.82, 2.24) is 0 Å². The number of carbonyl (C=O) groups is 1. The molecular weight excluding hydrogens is 270 g/mol. The predicted octanol–water partition coefficient (Wildman–Crippen LogP) is 1.51. The van der Waals surface area contributed by atoms with Gasteiger partial charge >= 0.3 is 0 Å². The first-order valence-corrected chi connectivity index (χ1v) is 6.28. The van der Waals surface area contributed by atoms with Gasteiger partial charge in [-0.05, 0) is 25.2 Å². The summed E-state index contributed by atoms with van der Waals surface area (Å²) in [4.78, 5) is 21.5. The Hall–Kier alpha value is -1.44. The number of aliphatic hydroxyl groups is 2. The zero-order valence-electron chi connectivity index (χ0n) is 10.3. The molecule has 0 saturated carbocycles. The Bertz CT molecular complexity index is 491. The fourth-order valence-corrected chi connectivity index (χ4v) is 1.93. The summed E-state index contributed by atoms with van der Waals surface area (Å²) < 4.78 is 0. The molecule has 2 N–H and O–H groups in total. The normalized spacial score (nSPS) is 13.9. The van der Waals surface area contributed by atoms with E-state index < -0.39 is 17.1 Å². The van der Waals surface area contributed by atoms with Crippen molar-refractivity contribution in [3.8, 4) is 0 Å². The molecule has 0 bridgehead atoms.